The number of rotatable bonds is 6. The van der Waals surface area contributed by atoms with Gasteiger partial charge in [0.2, 0.25) is 0 Å². The zero-order valence-electron chi connectivity index (χ0n) is 18.0. The molecule has 1 N–H and O–H groups in total. The summed E-state index contributed by atoms with van der Waals surface area (Å²) < 4.78 is 0. The highest BCUT2D eigenvalue weighted by Crippen LogP contribution is 2.30. The van der Waals surface area contributed by atoms with E-state index in [1.54, 1.807) is 25.4 Å². The molecule has 2 rings (SSSR count). The lowest BCUT2D eigenvalue weighted by Crippen LogP contribution is -2.27. The van der Waals surface area contributed by atoms with Crippen molar-refractivity contribution >= 4 is 39.5 Å². The number of carbonyl (C=O) groups excluding carboxylic acids is 1. The van der Waals surface area contributed by atoms with Crippen molar-refractivity contribution in [1.82, 2.24) is 9.88 Å². The molecule has 0 bridgehead atoms. The number of fused-ring (bicyclic) bond motifs is 1. The minimum atomic E-state index is -0.146. The second-order valence-electron chi connectivity index (χ2n) is 4.80. The first-order chi connectivity index (χ1) is 13.7. The second-order valence-corrected chi connectivity index (χ2v) is 5.83. The molecular weight excluding hydrogens is 368 g/mol. The van der Waals surface area contributed by atoms with Crippen LogP contribution in [0.5, 0.6) is 0 Å². The highest BCUT2D eigenvalue weighted by Gasteiger charge is 2.20. The highest BCUT2D eigenvalue weighted by atomic mass is 32.1. The number of anilines is 1. The molecule has 0 aliphatic rings. The van der Waals surface area contributed by atoms with Crippen molar-refractivity contribution < 1.29 is 4.79 Å². The lowest BCUT2D eigenvalue weighted by molar-refractivity contribution is 0.0889. The van der Waals surface area contributed by atoms with Crippen molar-refractivity contribution in [2.45, 2.75) is 34.6 Å². The average molecular weight is 401 g/mol. The number of nitrogens with one attached hydrogen (secondary N) is 1. The van der Waals surface area contributed by atoms with E-state index in [2.05, 4.69) is 21.9 Å². The van der Waals surface area contributed by atoms with E-state index in [4.69, 9.17) is 0 Å². The predicted molar refractivity (Wildman–Crippen MR) is 126 cm³/mol. The zero-order chi connectivity index (χ0) is 21.5. The van der Waals surface area contributed by atoms with Crippen LogP contribution >= 0.6 is 11.3 Å². The Balaban J connectivity index is 0.00000171. The molecule has 0 spiro atoms. The number of thiophene rings is 1. The maximum absolute atomic E-state index is 13.0. The number of aliphatic imine (C=N–C) groups is 1. The van der Waals surface area contributed by atoms with Crippen LogP contribution in [0, 0.1) is 0 Å². The molecule has 0 aromatic carbocycles. The fourth-order valence-corrected chi connectivity index (χ4v) is 3.18. The van der Waals surface area contributed by atoms with E-state index in [1.807, 2.05) is 66.0 Å². The van der Waals surface area contributed by atoms with Gasteiger partial charge < -0.3 is 5.32 Å². The van der Waals surface area contributed by atoms with E-state index in [1.165, 1.54) is 22.6 Å². The lowest BCUT2D eigenvalue weighted by atomic mass is 10.2. The summed E-state index contributed by atoms with van der Waals surface area (Å²) in [7, 11) is 3.48. The normalized spacial score (nSPS) is 10.9. The molecule has 0 fully saturated rings. The van der Waals surface area contributed by atoms with Gasteiger partial charge in [-0.1, -0.05) is 52.5 Å². The zero-order valence-corrected chi connectivity index (χ0v) is 18.8. The molecule has 0 saturated carbocycles. The Morgan fingerprint density at radius 1 is 1.32 bits per heavy atom. The summed E-state index contributed by atoms with van der Waals surface area (Å²) in [5.74, 6) is -0.146. The predicted octanol–water partition coefficient (Wildman–Crippen LogP) is 6.14. The molecule has 1 amide bonds. The monoisotopic (exact) mass is 400 g/mol. The van der Waals surface area contributed by atoms with E-state index < -0.39 is 0 Å². The third kappa shape index (κ3) is 6.46. The Bertz CT molecular complexity index is 834. The summed E-state index contributed by atoms with van der Waals surface area (Å²) in [4.78, 5) is 24.3. The molecule has 0 aliphatic carbocycles. The van der Waals surface area contributed by atoms with Crippen LogP contribution in [0.2, 0.25) is 0 Å². The molecule has 6 heteroatoms. The molecule has 0 saturated heterocycles. The van der Waals surface area contributed by atoms with Crippen molar-refractivity contribution in [1.29, 1.82) is 0 Å². The number of amides is 1. The molecule has 0 atom stereocenters. The van der Waals surface area contributed by atoms with Gasteiger partial charge >= 0.3 is 0 Å². The molecule has 2 heterocycles. The number of pyridine rings is 1. The maximum Gasteiger partial charge on any atom is 0.273 e. The minimum absolute atomic E-state index is 0.146. The van der Waals surface area contributed by atoms with Gasteiger partial charge in [0.1, 0.15) is 4.83 Å². The van der Waals surface area contributed by atoms with Crippen LogP contribution < -0.4 is 5.32 Å². The summed E-state index contributed by atoms with van der Waals surface area (Å²) in [5.41, 5.74) is 1.67. The fraction of sp³-hybridized carbons (Fsp3) is 0.318. The Morgan fingerprint density at radius 2 is 2.00 bits per heavy atom. The van der Waals surface area contributed by atoms with Crippen molar-refractivity contribution in [2.24, 2.45) is 4.99 Å². The van der Waals surface area contributed by atoms with E-state index in [0.717, 1.165) is 21.6 Å². The topological polar surface area (TPSA) is 57.6 Å². The van der Waals surface area contributed by atoms with Gasteiger partial charge in [0.05, 0.1) is 11.2 Å². The van der Waals surface area contributed by atoms with Crippen molar-refractivity contribution in [3.05, 3.63) is 59.8 Å². The molecule has 28 heavy (non-hydrogen) atoms. The highest BCUT2D eigenvalue weighted by molar-refractivity contribution is 7.20. The van der Waals surface area contributed by atoms with Crippen LogP contribution in [0.15, 0.2) is 59.9 Å². The summed E-state index contributed by atoms with van der Waals surface area (Å²) in [6, 6.07) is 3.75. The summed E-state index contributed by atoms with van der Waals surface area (Å²) >= 11 is 1.37. The molecule has 0 aliphatic heterocycles. The third-order valence-corrected chi connectivity index (χ3v) is 4.37. The fourth-order valence-electron chi connectivity index (χ4n) is 2.22. The number of aromatic nitrogens is 1. The second kappa shape index (κ2) is 14.3. The van der Waals surface area contributed by atoms with Gasteiger partial charge in [-0.15, -0.1) is 11.3 Å². The smallest absolute Gasteiger partial charge is 0.273 e. The summed E-state index contributed by atoms with van der Waals surface area (Å²) in [5, 5.41) is 4.06. The number of hydrogen-bond donors (Lipinski definition) is 1. The van der Waals surface area contributed by atoms with Gasteiger partial charge in [-0.2, -0.15) is 0 Å². The molecule has 2 aromatic rings. The maximum atomic E-state index is 13.0. The molecule has 152 valence electrons. The SMILES string of the molecule is C=C/C=C\C(=C/C)N(C=NC)C(=O)c1cc2c(NC)ccnc2s1.CC.CC. The minimum Gasteiger partial charge on any atom is -0.388 e. The largest absolute Gasteiger partial charge is 0.388 e. The first kappa shape index (κ1) is 25.3. The van der Waals surface area contributed by atoms with Gasteiger partial charge in [-0.05, 0) is 25.1 Å². The van der Waals surface area contributed by atoms with Crippen molar-refractivity contribution in [3.63, 3.8) is 0 Å². The van der Waals surface area contributed by atoms with E-state index >= 15 is 0 Å². The van der Waals surface area contributed by atoms with Crippen molar-refractivity contribution in [3.8, 4) is 0 Å². The van der Waals surface area contributed by atoms with Crippen LogP contribution in [0.25, 0.3) is 10.2 Å². The third-order valence-electron chi connectivity index (χ3n) is 3.34. The van der Waals surface area contributed by atoms with Crippen LogP contribution in [0.3, 0.4) is 0 Å². The first-order valence-electron chi connectivity index (χ1n) is 9.43. The average Bonchev–Trinajstić information content (AvgIpc) is 3.20. The Labute approximate surface area is 173 Å². The van der Waals surface area contributed by atoms with E-state index in [0.29, 0.717) is 4.88 Å². The van der Waals surface area contributed by atoms with Crippen LogP contribution in [0.1, 0.15) is 44.3 Å². The lowest BCUT2D eigenvalue weighted by Gasteiger charge is -2.17. The molecule has 2 aromatic heterocycles. The Kier molecular flexibility index (Phi) is 12.9. The number of carbonyl (C=O) groups is 1. The Morgan fingerprint density at radius 3 is 2.54 bits per heavy atom. The first-order valence-corrected chi connectivity index (χ1v) is 10.3. The van der Waals surface area contributed by atoms with Crippen LogP contribution in [0.4, 0.5) is 5.69 Å². The molecular formula is C22H32N4OS. The number of allylic oxidation sites excluding steroid dienone is 4. The van der Waals surface area contributed by atoms with E-state index in [9.17, 15) is 4.79 Å². The van der Waals surface area contributed by atoms with Gasteiger partial charge in [0.25, 0.3) is 5.91 Å². The van der Waals surface area contributed by atoms with Gasteiger partial charge in [-0.25, -0.2) is 4.98 Å². The van der Waals surface area contributed by atoms with Gasteiger partial charge in [0.15, 0.2) is 0 Å². The van der Waals surface area contributed by atoms with Crippen molar-refractivity contribution in [2.75, 3.05) is 19.4 Å². The summed E-state index contributed by atoms with van der Waals surface area (Å²) in [6.45, 7) is 13.5. The van der Waals surface area contributed by atoms with Crippen LogP contribution in [-0.2, 0) is 0 Å². The van der Waals surface area contributed by atoms with E-state index in [-0.39, 0.29) is 5.91 Å². The molecule has 0 radical (unpaired) electrons. The molecule has 0 unspecified atom stereocenters. The number of nitrogens with zero attached hydrogens (tertiary/aromatic N) is 3. The van der Waals surface area contributed by atoms with Gasteiger partial charge in [-0.3, -0.25) is 14.7 Å². The Hall–Kier alpha value is -2.73. The summed E-state index contributed by atoms with van der Waals surface area (Å²) in [6.07, 6.45) is 10.4. The van der Waals surface area contributed by atoms with Gasteiger partial charge in [0, 0.05) is 37.1 Å². The quantitative estimate of drug-likeness (QED) is 0.360. The molecule has 5 nitrogen and oxygen atoms in total. The van der Waals surface area contributed by atoms with Crippen LogP contribution in [-0.4, -0.2) is 36.2 Å². The standard InChI is InChI=1S/C18H20N4OS.2C2H6/c1-5-7-8-13(6-2)22(12-19-3)18(23)16-11-14-15(20-4)9-10-21-17(14)24-16;2*1-2/h5-12H,1H2,2-4H3,(H,20,21);2*1-2H3/b8-7-,13-6+,19-12?;;. The number of hydrogen-bond acceptors (Lipinski definition) is 5.